The molecule has 0 atom stereocenters. The van der Waals surface area contributed by atoms with Crippen LogP contribution in [0.5, 0.6) is 17.2 Å². The minimum absolute atomic E-state index is 0.0571. The number of imide groups is 1. The van der Waals surface area contributed by atoms with E-state index in [1.165, 1.54) is 31.4 Å². The highest BCUT2D eigenvalue weighted by atomic mass is 16.7. The molecule has 2 aromatic carbocycles. The van der Waals surface area contributed by atoms with E-state index < -0.39 is 17.8 Å². The first-order valence-corrected chi connectivity index (χ1v) is 10.2. The third-order valence-corrected chi connectivity index (χ3v) is 4.60. The van der Waals surface area contributed by atoms with Crippen molar-refractivity contribution in [1.29, 1.82) is 0 Å². The summed E-state index contributed by atoms with van der Waals surface area (Å²) in [5.41, 5.74) is 0.210. The molecule has 0 aliphatic carbocycles. The molecule has 1 aliphatic heterocycles. The summed E-state index contributed by atoms with van der Waals surface area (Å²) in [5.74, 6) is 0.168. The maximum Gasteiger partial charge on any atom is 0.363 e. The number of nitrogens with zero attached hydrogens (tertiary/aromatic N) is 1. The second-order valence-corrected chi connectivity index (χ2v) is 6.97. The summed E-state index contributed by atoms with van der Waals surface area (Å²) in [7, 11) is 0. The highest BCUT2D eigenvalue weighted by Gasteiger charge is 2.33. The first-order chi connectivity index (χ1) is 14.6. The molecule has 158 valence electrons. The van der Waals surface area contributed by atoms with E-state index in [4.69, 9.17) is 14.3 Å². The van der Waals surface area contributed by atoms with Gasteiger partial charge in [-0.3, -0.25) is 9.59 Å². The predicted molar refractivity (Wildman–Crippen MR) is 109 cm³/mol. The van der Waals surface area contributed by atoms with Crippen LogP contribution in [0.1, 0.15) is 55.8 Å². The van der Waals surface area contributed by atoms with Crippen molar-refractivity contribution in [2.75, 3.05) is 6.61 Å². The van der Waals surface area contributed by atoms with Crippen molar-refractivity contribution in [2.24, 2.45) is 0 Å². The second kappa shape index (κ2) is 10.4. The molecule has 1 heterocycles. The number of amides is 2. The van der Waals surface area contributed by atoms with E-state index in [-0.39, 0.29) is 18.4 Å². The molecule has 0 aromatic heterocycles. The molecule has 0 bridgehead atoms. The normalized spacial score (nSPS) is 13.4. The average Bonchev–Trinajstić information content (AvgIpc) is 3.07. The molecule has 1 fully saturated rings. The number of hydrogen-bond donors (Lipinski definition) is 0. The van der Waals surface area contributed by atoms with Crippen molar-refractivity contribution in [3.8, 4) is 17.2 Å². The van der Waals surface area contributed by atoms with Crippen LogP contribution >= 0.6 is 0 Å². The topological polar surface area (TPSA) is 82.1 Å². The summed E-state index contributed by atoms with van der Waals surface area (Å²) in [6.45, 7) is 2.88. The van der Waals surface area contributed by atoms with E-state index in [2.05, 4.69) is 6.92 Å². The van der Waals surface area contributed by atoms with Crippen molar-refractivity contribution < 1.29 is 28.7 Å². The van der Waals surface area contributed by atoms with Gasteiger partial charge >= 0.3 is 5.97 Å². The third-order valence-electron chi connectivity index (χ3n) is 4.60. The fourth-order valence-corrected chi connectivity index (χ4v) is 2.91. The zero-order valence-electron chi connectivity index (χ0n) is 17.0. The predicted octanol–water partition coefficient (Wildman–Crippen LogP) is 4.66. The quantitative estimate of drug-likeness (QED) is 0.418. The molecule has 3 rings (SSSR count). The highest BCUT2D eigenvalue weighted by molar-refractivity contribution is 6.02. The molecule has 7 heteroatoms. The number of hydroxylamine groups is 2. The van der Waals surface area contributed by atoms with Gasteiger partial charge in [-0.25, -0.2) is 4.79 Å². The monoisotopic (exact) mass is 411 g/mol. The summed E-state index contributed by atoms with van der Waals surface area (Å²) in [6.07, 6.45) is 4.75. The SMILES string of the molecule is CCCCCCOc1ccc(Oc2ccc(C(=O)ON3C(=O)CCC3=O)cc2)cc1. The van der Waals surface area contributed by atoms with Crippen LogP contribution in [0.2, 0.25) is 0 Å². The maximum atomic E-state index is 12.1. The fourth-order valence-electron chi connectivity index (χ4n) is 2.91. The Kier molecular flexibility index (Phi) is 7.43. The molecule has 1 aliphatic rings. The van der Waals surface area contributed by atoms with Crippen LogP contribution in [0.25, 0.3) is 0 Å². The van der Waals surface area contributed by atoms with Crippen molar-refractivity contribution in [3.63, 3.8) is 0 Å². The van der Waals surface area contributed by atoms with Gasteiger partial charge in [0.1, 0.15) is 17.2 Å². The van der Waals surface area contributed by atoms with Crippen LogP contribution in [-0.2, 0) is 14.4 Å². The lowest BCUT2D eigenvalue weighted by Crippen LogP contribution is -2.32. The Balaban J connectivity index is 1.49. The number of benzene rings is 2. The fraction of sp³-hybridized carbons (Fsp3) is 0.348. The van der Waals surface area contributed by atoms with E-state index in [0.717, 1.165) is 12.2 Å². The lowest BCUT2D eigenvalue weighted by Gasteiger charge is -2.13. The van der Waals surface area contributed by atoms with Gasteiger partial charge in [0, 0.05) is 12.8 Å². The Labute approximate surface area is 175 Å². The van der Waals surface area contributed by atoms with Crippen molar-refractivity contribution in [1.82, 2.24) is 5.06 Å². The first-order valence-electron chi connectivity index (χ1n) is 10.2. The molecular weight excluding hydrogens is 386 g/mol. The smallest absolute Gasteiger partial charge is 0.363 e. The Morgan fingerprint density at radius 3 is 2.00 bits per heavy atom. The van der Waals surface area contributed by atoms with Crippen LogP contribution in [0, 0.1) is 0 Å². The van der Waals surface area contributed by atoms with E-state index in [0.29, 0.717) is 23.2 Å². The van der Waals surface area contributed by atoms with Gasteiger partial charge < -0.3 is 14.3 Å². The Morgan fingerprint density at radius 1 is 0.833 bits per heavy atom. The minimum Gasteiger partial charge on any atom is -0.494 e. The molecule has 1 saturated heterocycles. The van der Waals surface area contributed by atoms with Gasteiger partial charge in [-0.15, -0.1) is 5.06 Å². The zero-order valence-corrected chi connectivity index (χ0v) is 17.0. The minimum atomic E-state index is -0.773. The highest BCUT2D eigenvalue weighted by Crippen LogP contribution is 2.25. The van der Waals surface area contributed by atoms with Gasteiger partial charge in [-0.1, -0.05) is 26.2 Å². The summed E-state index contributed by atoms with van der Waals surface area (Å²) in [5, 5.41) is 0.528. The molecule has 2 aromatic rings. The molecule has 0 spiro atoms. The number of carbonyl (C=O) groups is 3. The molecule has 2 amide bonds. The van der Waals surface area contributed by atoms with Gasteiger partial charge in [-0.2, -0.15) is 0 Å². The standard InChI is InChI=1S/C23H25NO6/c1-2-3-4-5-16-28-18-10-12-20(13-11-18)29-19-8-6-17(7-9-19)23(27)30-24-21(25)14-15-22(24)26/h6-13H,2-5,14-16H2,1H3. The van der Waals surface area contributed by atoms with E-state index in [1.54, 1.807) is 12.1 Å². The van der Waals surface area contributed by atoms with Crippen LogP contribution in [0.4, 0.5) is 0 Å². The van der Waals surface area contributed by atoms with Crippen LogP contribution in [0.3, 0.4) is 0 Å². The Hall–Kier alpha value is -3.35. The summed E-state index contributed by atoms with van der Waals surface area (Å²) < 4.78 is 11.5. The largest absolute Gasteiger partial charge is 0.494 e. The van der Waals surface area contributed by atoms with Crippen molar-refractivity contribution in [2.45, 2.75) is 45.4 Å². The molecule has 7 nitrogen and oxygen atoms in total. The second-order valence-electron chi connectivity index (χ2n) is 6.97. The van der Waals surface area contributed by atoms with Gasteiger partial charge in [0.25, 0.3) is 11.8 Å². The molecule has 30 heavy (non-hydrogen) atoms. The zero-order chi connectivity index (χ0) is 21.3. The molecule has 0 N–H and O–H groups in total. The van der Waals surface area contributed by atoms with Crippen molar-refractivity contribution in [3.05, 3.63) is 54.1 Å². The van der Waals surface area contributed by atoms with Gasteiger partial charge in [-0.05, 0) is 55.0 Å². The first kappa shape index (κ1) is 21.4. The lowest BCUT2D eigenvalue weighted by molar-refractivity contribution is -0.172. The Morgan fingerprint density at radius 2 is 1.40 bits per heavy atom. The number of unbranched alkanes of at least 4 members (excludes halogenated alkanes) is 3. The van der Waals surface area contributed by atoms with Gasteiger partial charge in [0.05, 0.1) is 12.2 Å². The molecular formula is C23H25NO6. The molecule has 0 radical (unpaired) electrons. The molecule has 0 saturated carbocycles. The number of hydrogen-bond acceptors (Lipinski definition) is 6. The van der Waals surface area contributed by atoms with E-state index >= 15 is 0 Å². The van der Waals surface area contributed by atoms with Crippen LogP contribution in [-0.4, -0.2) is 29.5 Å². The van der Waals surface area contributed by atoms with E-state index in [9.17, 15) is 14.4 Å². The average molecular weight is 411 g/mol. The van der Waals surface area contributed by atoms with Crippen molar-refractivity contribution >= 4 is 17.8 Å². The number of carbonyl (C=O) groups excluding carboxylic acids is 3. The molecule has 0 unspecified atom stereocenters. The Bertz CT molecular complexity index is 860. The lowest BCUT2D eigenvalue weighted by atomic mass is 10.2. The van der Waals surface area contributed by atoms with Crippen LogP contribution in [0.15, 0.2) is 48.5 Å². The van der Waals surface area contributed by atoms with Crippen LogP contribution < -0.4 is 9.47 Å². The summed E-state index contributed by atoms with van der Waals surface area (Å²) >= 11 is 0. The maximum absolute atomic E-state index is 12.1. The van der Waals surface area contributed by atoms with Gasteiger partial charge in [0.15, 0.2) is 0 Å². The van der Waals surface area contributed by atoms with Gasteiger partial charge in [0.2, 0.25) is 0 Å². The summed E-state index contributed by atoms with van der Waals surface area (Å²) in [6, 6.07) is 13.6. The van der Waals surface area contributed by atoms with E-state index in [1.807, 2.05) is 24.3 Å². The number of rotatable bonds is 10. The summed E-state index contributed by atoms with van der Waals surface area (Å²) in [4.78, 5) is 40.1. The third kappa shape index (κ3) is 5.83. The number of ether oxygens (including phenoxy) is 2.